The average Bonchev–Trinajstić information content (AvgIpc) is 3.60. The summed E-state index contributed by atoms with van der Waals surface area (Å²) < 4.78 is 0. The molecule has 55 heavy (non-hydrogen) atoms. The predicted octanol–water partition coefficient (Wildman–Crippen LogP) is 14.5. The van der Waals surface area contributed by atoms with E-state index in [1.165, 1.54) is 99.5 Å². The van der Waals surface area contributed by atoms with Crippen molar-refractivity contribution in [2.75, 3.05) is 4.90 Å². The summed E-state index contributed by atoms with van der Waals surface area (Å²) in [6.45, 7) is 9.63. The summed E-state index contributed by atoms with van der Waals surface area (Å²) in [6.07, 6.45) is 5.80. The van der Waals surface area contributed by atoms with Crippen LogP contribution in [0.15, 0.2) is 176 Å². The lowest BCUT2D eigenvalue weighted by molar-refractivity contribution is 0.406. The highest BCUT2D eigenvalue weighted by Gasteiger charge is 2.44. The third-order valence-corrected chi connectivity index (χ3v) is 13.3. The number of nitrogens with zero attached hydrogens (tertiary/aromatic N) is 1. The zero-order chi connectivity index (χ0) is 37.1. The van der Waals surface area contributed by atoms with Gasteiger partial charge in [-0.2, -0.15) is 0 Å². The SMILES string of the molecule is CC1(C)c2ccccc2-c2cc(N(C3=CC=C4c5ccccc5C(C)(C)C4C3)c3cc4cc(-c5ccccc5)c5ccccc5c4c4ccccc34)ccc21. The smallest absolute Gasteiger partial charge is 0.0543 e. The van der Waals surface area contributed by atoms with Crippen LogP contribution in [0.25, 0.3) is 60.1 Å². The molecule has 3 aliphatic carbocycles. The van der Waals surface area contributed by atoms with Gasteiger partial charge < -0.3 is 4.90 Å². The quantitative estimate of drug-likeness (QED) is 0.165. The van der Waals surface area contributed by atoms with Crippen molar-refractivity contribution in [3.8, 4) is 22.3 Å². The molecule has 0 radical (unpaired) electrons. The Bertz CT molecular complexity index is 2960. The van der Waals surface area contributed by atoms with Crippen molar-refractivity contribution >= 4 is 49.3 Å². The molecule has 0 fully saturated rings. The predicted molar refractivity (Wildman–Crippen MR) is 234 cm³/mol. The van der Waals surface area contributed by atoms with E-state index in [1.54, 1.807) is 0 Å². The topological polar surface area (TPSA) is 3.24 Å². The fourth-order valence-electron chi connectivity index (χ4n) is 10.6. The molecule has 1 unspecified atom stereocenters. The molecule has 0 heterocycles. The first-order valence-electron chi connectivity index (χ1n) is 19.8. The van der Waals surface area contributed by atoms with Crippen molar-refractivity contribution in [1.29, 1.82) is 0 Å². The summed E-state index contributed by atoms with van der Waals surface area (Å²) in [5.74, 6) is 0.377. The van der Waals surface area contributed by atoms with Gasteiger partial charge in [-0.05, 0) is 125 Å². The van der Waals surface area contributed by atoms with Crippen LogP contribution in [-0.2, 0) is 10.8 Å². The molecule has 3 aliphatic rings. The lowest BCUT2D eigenvalue weighted by Crippen LogP contribution is -2.29. The van der Waals surface area contributed by atoms with Gasteiger partial charge in [-0.3, -0.25) is 0 Å². The molecule has 0 bridgehead atoms. The number of hydrogen-bond donors (Lipinski definition) is 0. The molecule has 0 amide bonds. The molecule has 0 saturated carbocycles. The third-order valence-electron chi connectivity index (χ3n) is 13.3. The van der Waals surface area contributed by atoms with Gasteiger partial charge in [0.15, 0.2) is 0 Å². The monoisotopic (exact) mass is 705 g/mol. The lowest BCUT2D eigenvalue weighted by atomic mass is 9.73. The van der Waals surface area contributed by atoms with Crippen LogP contribution in [0.1, 0.15) is 56.4 Å². The van der Waals surface area contributed by atoms with Gasteiger partial charge in [0.2, 0.25) is 0 Å². The number of hydrogen-bond acceptors (Lipinski definition) is 1. The van der Waals surface area contributed by atoms with Gasteiger partial charge in [0.1, 0.15) is 0 Å². The molecular weight excluding hydrogens is 663 g/mol. The molecule has 1 nitrogen and oxygen atoms in total. The van der Waals surface area contributed by atoms with Crippen LogP contribution in [0.5, 0.6) is 0 Å². The average molecular weight is 706 g/mol. The minimum Gasteiger partial charge on any atom is -0.314 e. The molecule has 0 aromatic heterocycles. The molecule has 8 aromatic rings. The van der Waals surface area contributed by atoms with Crippen molar-refractivity contribution in [2.24, 2.45) is 5.92 Å². The molecule has 264 valence electrons. The normalized spacial score (nSPS) is 17.3. The van der Waals surface area contributed by atoms with Crippen LogP contribution in [-0.4, -0.2) is 0 Å². The molecule has 0 N–H and O–H groups in total. The minimum atomic E-state index is -0.0543. The second kappa shape index (κ2) is 11.7. The highest BCUT2D eigenvalue weighted by Crippen LogP contribution is 2.56. The van der Waals surface area contributed by atoms with Gasteiger partial charge in [0.25, 0.3) is 0 Å². The van der Waals surface area contributed by atoms with Crippen LogP contribution in [0.3, 0.4) is 0 Å². The van der Waals surface area contributed by atoms with Crippen molar-refractivity contribution in [2.45, 2.75) is 44.9 Å². The lowest BCUT2D eigenvalue weighted by Gasteiger charge is -2.37. The van der Waals surface area contributed by atoms with Crippen LogP contribution in [0.2, 0.25) is 0 Å². The number of benzene rings is 8. The van der Waals surface area contributed by atoms with Crippen molar-refractivity contribution in [3.63, 3.8) is 0 Å². The fourth-order valence-corrected chi connectivity index (χ4v) is 10.6. The molecule has 8 aromatic carbocycles. The fraction of sp³-hybridized carbons (Fsp3) is 0.148. The first-order valence-corrected chi connectivity index (χ1v) is 19.8. The molecule has 0 spiro atoms. The van der Waals surface area contributed by atoms with Crippen molar-refractivity contribution in [1.82, 2.24) is 0 Å². The molecular formula is C54H43N. The standard InChI is InChI=1S/C54H43N/c1-53(2)48-25-15-13-20-40(48)46-32-36(27-29-49(46)53)55(37-26-28-41-39-19-12-14-24-47(39)54(3,4)50(41)33-37)51-31-35-30-45(34-16-6-5-7-17-34)38-18-8-10-22-43(38)52(35)44-23-11-9-21-42(44)51/h5-32,50H,33H2,1-4H3. The van der Waals surface area contributed by atoms with Crippen molar-refractivity contribution in [3.05, 3.63) is 198 Å². The minimum absolute atomic E-state index is 0.0173. The Labute approximate surface area is 323 Å². The Morgan fingerprint density at radius 3 is 1.89 bits per heavy atom. The largest absolute Gasteiger partial charge is 0.314 e. The van der Waals surface area contributed by atoms with Crippen molar-refractivity contribution < 1.29 is 0 Å². The Kier molecular flexibility index (Phi) is 6.84. The first kappa shape index (κ1) is 32.3. The van der Waals surface area contributed by atoms with E-state index in [0.717, 1.165) is 6.42 Å². The molecule has 1 heteroatoms. The Hall–Kier alpha value is -6.18. The van der Waals surface area contributed by atoms with Crippen LogP contribution in [0.4, 0.5) is 11.4 Å². The highest BCUT2D eigenvalue weighted by atomic mass is 15.2. The van der Waals surface area contributed by atoms with Gasteiger partial charge >= 0.3 is 0 Å². The first-order chi connectivity index (χ1) is 26.8. The van der Waals surface area contributed by atoms with Crippen LogP contribution >= 0.6 is 0 Å². The Morgan fingerprint density at radius 2 is 1.11 bits per heavy atom. The van der Waals surface area contributed by atoms with Gasteiger partial charge in [-0.25, -0.2) is 0 Å². The van der Waals surface area contributed by atoms with E-state index in [2.05, 4.69) is 202 Å². The summed E-state index contributed by atoms with van der Waals surface area (Å²) in [7, 11) is 0. The highest BCUT2D eigenvalue weighted by molar-refractivity contribution is 6.26. The van der Waals surface area contributed by atoms with E-state index in [4.69, 9.17) is 0 Å². The maximum absolute atomic E-state index is 2.61. The van der Waals surface area contributed by atoms with E-state index in [-0.39, 0.29) is 10.8 Å². The van der Waals surface area contributed by atoms with E-state index in [1.807, 2.05) is 0 Å². The Balaban J connectivity index is 1.20. The molecule has 1 atom stereocenters. The second-order valence-electron chi connectivity index (χ2n) is 16.9. The number of fused-ring (bicyclic) bond motifs is 11. The van der Waals surface area contributed by atoms with E-state index >= 15 is 0 Å². The maximum atomic E-state index is 2.61. The summed E-state index contributed by atoms with van der Waals surface area (Å²) in [4.78, 5) is 2.61. The van der Waals surface area contributed by atoms with E-state index in [9.17, 15) is 0 Å². The number of rotatable bonds is 4. The zero-order valence-electron chi connectivity index (χ0n) is 31.9. The summed E-state index contributed by atoms with van der Waals surface area (Å²) in [5, 5.41) is 7.69. The van der Waals surface area contributed by atoms with E-state index in [0.29, 0.717) is 5.92 Å². The number of allylic oxidation sites excluding steroid dienone is 4. The zero-order valence-corrected chi connectivity index (χ0v) is 31.9. The Morgan fingerprint density at radius 1 is 0.491 bits per heavy atom. The third kappa shape index (κ3) is 4.59. The van der Waals surface area contributed by atoms with E-state index < -0.39 is 0 Å². The van der Waals surface area contributed by atoms with Gasteiger partial charge in [-0.1, -0.05) is 167 Å². The number of anilines is 2. The summed E-state index contributed by atoms with van der Waals surface area (Å²) in [6, 6.07) is 59.2. The van der Waals surface area contributed by atoms with Crippen LogP contribution < -0.4 is 4.90 Å². The van der Waals surface area contributed by atoms with Gasteiger partial charge in [-0.15, -0.1) is 0 Å². The second-order valence-corrected chi connectivity index (χ2v) is 16.9. The maximum Gasteiger partial charge on any atom is 0.0543 e. The van der Waals surface area contributed by atoms with Gasteiger partial charge in [0, 0.05) is 22.2 Å². The molecule has 0 aliphatic heterocycles. The summed E-state index contributed by atoms with van der Waals surface area (Å²) in [5.41, 5.74) is 16.0. The summed E-state index contributed by atoms with van der Waals surface area (Å²) >= 11 is 0. The van der Waals surface area contributed by atoms with Crippen LogP contribution in [0, 0.1) is 5.92 Å². The molecule has 11 rings (SSSR count). The molecule has 0 saturated heterocycles. The van der Waals surface area contributed by atoms with Gasteiger partial charge in [0.05, 0.1) is 5.69 Å².